The number of sulfonamides is 1. The van der Waals surface area contributed by atoms with Gasteiger partial charge in [0.25, 0.3) is 0 Å². The summed E-state index contributed by atoms with van der Waals surface area (Å²) in [6.45, 7) is 3.28. The molecule has 0 saturated heterocycles. The lowest BCUT2D eigenvalue weighted by Crippen LogP contribution is -2.52. The lowest BCUT2D eigenvalue weighted by molar-refractivity contribution is -0.140. The fraction of sp³-hybridized carbons (Fsp3) is 0.391. The van der Waals surface area contributed by atoms with Crippen molar-refractivity contribution >= 4 is 85.5 Å². The minimum atomic E-state index is -4.01. The second-order valence-corrected chi connectivity index (χ2v) is 11.9. The number of amides is 2. The molecule has 2 aromatic rings. The summed E-state index contributed by atoms with van der Waals surface area (Å²) < 4.78 is 26.3. The largest absolute Gasteiger partial charge is 0.354 e. The molecular formula is C23H26Cl5N3O4S. The fourth-order valence-corrected chi connectivity index (χ4v) is 5.50. The molecule has 0 radical (unpaired) electrons. The van der Waals surface area contributed by atoms with Gasteiger partial charge in [-0.05, 0) is 37.1 Å². The summed E-state index contributed by atoms with van der Waals surface area (Å²) in [5.74, 6) is -1.05. The molecule has 36 heavy (non-hydrogen) atoms. The van der Waals surface area contributed by atoms with Crippen LogP contribution in [0.1, 0.15) is 32.3 Å². The highest BCUT2D eigenvalue weighted by Crippen LogP contribution is 2.36. The summed E-state index contributed by atoms with van der Waals surface area (Å²) in [5.41, 5.74) is 0.399. The second-order valence-electron chi connectivity index (χ2n) is 7.92. The molecular weight excluding hydrogens is 592 g/mol. The second kappa shape index (κ2) is 13.4. The lowest BCUT2D eigenvalue weighted by Gasteiger charge is -2.33. The van der Waals surface area contributed by atoms with Crippen LogP contribution in [0.25, 0.3) is 0 Å². The van der Waals surface area contributed by atoms with Crippen LogP contribution in [-0.2, 0) is 26.2 Å². The number of hydrogen-bond donors (Lipinski definition) is 1. The molecule has 2 amide bonds. The van der Waals surface area contributed by atoms with Crippen molar-refractivity contribution in [1.29, 1.82) is 0 Å². The average molecular weight is 618 g/mol. The molecule has 0 aliphatic rings. The first-order valence-corrected chi connectivity index (χ1v) is 14.7. The zero-order valence-corrected chi connectivity index (χ0v) is 24.4. The lowest BCUT2D eigenvalue weighted by atomic mass is 10.1. The number of nitrogens with one attached hydrogen (secondary N) is 1. The number of benzene rings is 2. The van der Waals surface area contributed by atoms with Gasteiger partial charge in [0.05, 0.1) is 27.0 Å². The molecule has 2 aromatic carbocycles. The summed E-state index contributed by atoms with van der Waals surface area (Å²) in [6, 6.07) is 6.52. The van der Waals surface area contributed by atoms with E-state index in [0.717, 1.165) is 10.6 Å². The normalized spacial score (nSPS) is 12.2. The van der Waals surface area contributed by atoms with Crippen LogP contribution in [0.5, 0.6) is 0 Å². The Bertz CT molecular complexity index is 1210. The SMILES string of the molecule is CCCNC(=O)C(CC)N(Cc1c(Cl)cccc1Cl)C(=O)CN(c1cc(Cl)c(Cl)cc1Cl)S(C)(=O)=O. The molecule has 1 atom stereocenters. The van der Waals surface area contributed by atoms with Crippen molar-refractivity contribution in [2.75, 3.05) is 23.7 Å². The van der Waals surface area contributed by atoms with E-state index in [9.17, 15) is 18.0 Å². The van der Waals surface area contributed by atoms with Crippen LogP contribution in [0.15, 0.2) is 30.3 Å². The Balaban J connectivity index is 2.55. The Kier molecular flexibility index (Phi) is 11.5. The van der Waals surface area contributed by atoms with Crippen LogP contribution < -0.4 is 9.62 Å². The molecule has 2 rings (SSSR count). The maximum absolute atomic E-state index is 13.7. The van der Waals surface area contributed by atoms with Crippen LogP contribution in [0.3, 0.4) is 0 Å². The Hall–Kier alpha value is -1.42. The van der Waals surface area contributed by atoms with Gasteiger partial charge in [-0.15, -0.1) is 0 Å². The first-order chi connectivity index (χ1) is 16.8. The quantitative estimate of drug-likeness (QED) is 0.311. The first-order valence-electron chi connectivity index (χ1n) is 10.9. The molecule has 0 aliphatic carbocycles. The van der Waals surface area contributed by atoms with Crippen LogP contribution in [0, 0.1) is 0 Å². The molecule has 198 valence electrons. The topological polar surface area (TPSA) is 86.8 Å². The fourth-order valence-electron chi connectivity index (χ4n) is 3.44. The monoisotopic (exact) mass is 615 g/mol. The van der Waals surface area contributed by atoms with E-state index >= 15 is 0 Å². The number of carbonyl (C=O) groups excluding carboxylic acids is 2. The summed E-state index contributed by atoms with van der Waals surface area (Å²) in [4.78, 5) is 27.9. The van der Waals surface area contributed by atoms with Crippen LogP contribution in [0.4, 0.5) is 5.69 Å². The third kappa shape index (κ3) is 7.79. The molecule has 1 unspecified atom stereocenters. The average Bonchev–Trinajstić information content (AvgIpc) is 2.79. The zero-order chi connectivity index (χ0) is 27.2. The maximum Gasteiger partial charge on any atom is 0.244 e. The molecule has 0 fully saturated rings. The van der Waals surface area contributed by atoms with Gasteiger partial charge in [0.1, 0.15) is 12.6 Å². The van der Waals surface area contributed by atoms with E-state index < -0.39 is 28.5 Å². The van der Waals surface area contributed by atoms with Gasteiger partial charge in [0.15, 0.2) is 0 Å². The van der Waals surface area contributed by atoms with Crippen molar-refractivity contribution in [3.8, 4) is 0 Å². The van der Waals surface area contributed by atoms with Crippen molar-refractivity contribution in [3.63, 3.8) is 0 Å². The van der Waals surface area contributed by atoms with Gasteiger partial charge in [-0.25, -0.2) is 8.42 Å². The van der Waals surface area contributed by atoms with Crippen LogP contribution in [0.2, 0.25) is 25.1 Å². The van der Waals surface area contributed by atoms with Crippen LogP contribution >= 0.6 is 58.0 Å². The maximum atomic E-state index is 13.7. The predicted molar refractivity (Wildman–Crippen MR) is 148 cm³/mol. The van der Waals surface area contributed by atoms with Crippen molar-refractivity contribution in [2.45, 2.75) is 39.3 Å². The summed E-state index contributed by atoms with van der Waals surface area (Å²) in [7, 11) is -4.01. The van der Waals surface area contributed by atoms with E-state index in [0.29, 0.717) is 28.6 Å². The van der Waals surface area contributed by atoms with Crippen molar-refractivity contribution in [2.24, 2.45) is 0 Å². The third-order valence-electron chi connectivity index (χ3n) is 5.26. The zero-order valence-electron chi connectivity index (χ0n) is 19.8. The number of rotatable bonds is 11. The predicted octanol–water partition coefficient (Wildman–Crippen LogP) is 6.05. The van der Waals surface area contributed by atoms with Crippen molar-refractivity contribution in [1.82, 2.24) is 10.2 Å². The smallest absolute Gasteiger partial charge is 0.244 e. The molecule has 0 spiro atoms. The molecule has 1 N–H and O–H groups in total. The van der Waals surface area contributed by atoms with Gasteiger partial charge in [-0.1, -0.05) is 77.9 Å². The Morgan fingerprint density at radius 2 is 1.53 bits per heavy atom. The summed E-state index contributed by atoms with van der Waals surface area (Å²) in [5, 5.41) is 3.56. The highest BCUT2D eigenvalue weighted by atomic mass is 35.5. The van der Waals surface area contributed by atoms with Gasteiger partial charge in [0.2, 0.25) is 21.8 Å². The minimum Gasteiger partial charge on any atom is -0.354 e. The molecule has 0 saturated carbocycles. The molecule has 0 aromatic heterocycles. The van der Waals surface area contributed by atoms with E-state index in [4.69, 9.17) is 58.0 Å². The first kappa shape index (κ1) is 30.8. The van der Waals surface area contributed by atoms with E-state index in [1.165, 1.54) is 17.0 Å². The van der Waals surface area contributed by atoms with Gasteiger partial charge in [-0.3, -0.25) is 13.9 Å². The molecule has 13 heteroatoms. The number of halogens is 5. The standard InChI is InChI=1S/C23H26Cl5N3O4S/c1-4-9-29-23(33)20(5-2)30(12-14-15(24)7-6-8-16(14)25)22(32)13-31(36(3,34)35)21-11-18(27)17(26)10-19(21)28/h6-8,10-11,20H,4-5,9,12-13H2,1-3H3,(H,29,33). The van der Waals surface area contributed by atoms with E-state index in [2.05, 4.69) is 5.32 Å². The number of carbonyl (C=O) groups is 2. The van der Waals surface area contributed by atoms with Gasteiger partial charge < -0.3 is 10.2 Å². The molecule has 0 heterocycles. The highest BCUT2D eigenvalue weighted by Gasteiger charge is 2.33. The molecule has 0 aliphatic heterocycles. The van der Waals surface area contributed by atoms with Gasteiger partial charge in [-0.2, -0.15) is 0 Å². The van der Waals surface area contributed by atoms with E-state index in [1.54, 1.807) is 25.1 Å². The minimum absolute atomic E-state index is 0.0175. The highest BCUT2D eigenvalue weighted by molar-refractivity contribution is 7.92. The van der Waals surface area contributed by atoms with E-state index in [-0.39, 0.29) is 39.6 Å². The summed E-state index contributed by atoms with van der Waals surface area (Å²) >= 11 is 31.0. The van der Waals surface area contributed by atoms with Gasteiger partial charge in [0, 0.05) is 28.7 Å². The van der Waals surface area contributed by atoms with E-state index in [1.807, 2.05) is 6.92 Å². The van der Waals surface area contributed by atoms with Crippen LogP contribution in [-0.4, -0.2) is 50.5 Å². The van der Waals surface area contributed by atoms with Crippen molar-refractivity contribution < 1.29 is 18.0 Å². The third-order valence-corrected chi connectivity index (χ3v) is 8.12. The van der Waals surface area contributed by atoms with Gasteiger partial charge >= 0.3 is 0 Å². The Morgan fingerprint density at radius 3 is 2.06 bits per heavy atom. The summed E-state index contributed by atoms with van der Waals surface area (Å²) in [6.07, 6.45) is 1.89. The van der Waals surface area contributed by atoms with Crippen molar-refractivity contribution in [3.05, 3.63) is 61.0 Å². The Morgan fingerprint density at radius 1 is 0.944 bits per heavy atom. The Labute approximate surface area is 236 Å². The molecule has 0 bridgehead atoms. The number of nitrogens with zero attached hydrogens (tertiary/aromatic N) is 2. The number of hydrogen-bond acceptors (Lipinski definition) is 4. The number of anilines is 1. The molecule has 7 nitrogen and oxygen atoms in total.